The van der Waals surface area contributed by atoms with Gasteiger partial charge in [-0.3, -0.25) is 0 Å². The normalized spacial score (nSPS) is 16.2. The molecule has 27 heavy (non-hydrogen) atoms. The number of halogens is 1. The van der Waals surface area contributed by atoms with E-state index in [0.29, 0.717) is 6.79 Å². The van der Waals surface area contributed by atoms with Crippen molar-refractivity contribution in [3.63, 3.8) is 0 Å². The lowest BCUT2D eigenvalue weighted by Crippen LogP contribution is -2.11. The van der Waals surface area contributed by atoms with Crippen LogP contribution in [0.4, 0.5) is 0 Å². The maximum absolute atomic E-state index is 5.63. The Bertz CT molecular complexity index is 296. The van der Waals surface area contributed by atoms with Crippen LogP contribution in [-0.4, -0.2) is 23.9 Å². The molecule has 0 rings (SSSR count). The molecule has 4 unspecified atom stereocenters. The molecule has 3 heteroatoms. The maximum Gasteiger partial charge on any atom is 0.146 e. The third-order valence-electron chi connectivity index (χ3n) is 5.38. The van der Waals surface area contributed by atoms with E-state index in [9.17, 15) is 0 Å². The number of unbranched alkanes of at least 4 members (excludes halogenated alkanes) is 6. The fraction of sp³-hybridized carbons (Fsp3) is 1.00. The van der Waals surface area contributed by atoms with Crippen molar-refractivity contribution in [3.05, 3.63) is 0 Å². The number of rotatable bonds is 20. The molecule has 0 aliphatic rings. The Morgan fingerprint density at radius 3 is 1.78 bits per heavy atom. The molecular formula is C24H49IO2. The first-order valence-electron chi connectivity index (χ1n) is 11.7. The van der Waals surface area contributed by atoms with Crippen molar-refractivity contribution < 1.29 is 9.47 Å². The van der Waals surface area contributed by atoms with E-state index in [1.54, 1.807) is 0 Å². The SMILES string of the molecule is CCCCCCCCCOCOCCCC(C)CC(C)CC(C)CC(C)I. The number of hydrogen-bond acceptors (Lipinski definition) is 2. The first-order valence-corrected chi connectivity index (χ1v) is 13.0. The molecule has 0 saturated heterocycles. The molecule has 2 nitrogen and oxygen atoms in total. The Morgan fingerprint density at radius 1 is 0.630 bits per heavy atom. The summed E-state index contributed by atoms with van der Waals surface area (Å²) in [6.45, 7) is 14.0. The molecule has 0 amide bonds. The van der Waals surface area contributed by atoms with Crippen LogP contribution in [-0.2, 0) is 9.47 Å². The standard InChI is InChI=1S/C24H49IO2/c1-6-7-8-9-10-11-12-15-26-20-27-16-13-14-21(2)17-22(3)18-23(4)19-24(5)25/h21-24H,6-20H2,1-5H3. The molecule has 0 saturated carbocycles. The van der Waals surface area contributed by atoms with Gasteiger partial charge in [0.05, 0.1) is 0 Å². The Labute approximate surface area is 185 Å². The van der Waals surface area contributed by atoms with Crippen LogP contribution in [0.3, 0.4) is 0 Å². The largest absolute Gasteiger partial charge is 0.355 e. The Morgan fingerprint density at radius 2 is 1.15 bits per heavy atom. The quantitative estimate of drug-likeness (QED) is 0.0729. The first kappa shape index (κ1) is 27.6. The Hall–Kier alpha value is 0.650. The van der Waals surface area contributed by atoms with Crippen LogP contribution >= 0.6 is 22.6 Å². The van der Waals surface area contributed by atoms with Crippen molar-refractivity contribution in [2.75, 3.05) is 20.0 Å². The summed E-state index contributed by atoms with van der Waals surface area (Å²) in [5, 5.41) is 0. The fourth-order valence-electron chi connectivity index (χ4n) is 4.11. The highest BCUT2D eigenvalue weighted by Crippen LogP contribution is 2.25. The molecule has 0 aliphatic carbocycles. The highest BCUT2D eigenvalue weighted by atomic mass is 127. The first-order chi connectivity index (χ1) is 13.0. The summed E-state index contributed by atoms with van der Waals surface area (Å²) >= 11 is 2.55. The van der Waals surface area contributed by atoms with Crippen molar-refractivity contribution in [3.8, 4) is 0 Å². The molecule has 0 N–H and O–H groups in total. The van der Waals surface area contributed by atoms with Gasteiger partial charge in [0.1, 0.15) is 6.79 Å². The number of hydrogen-bond donors (Lipinski definition) is 0. The van der Waals surface area contributed by atoms with E-state index in [2.05, 4.69) is 57.2 Å². The average molecular weight is 497 g/mol. The van der Waals surface area contributed by atoms with Gasteiger partial charge in [-0.2, -0.15) is 0 Å². The van der Waals surface area contributed by atoms with E-state index in [0.717, 1.165) is 41.3 Å². The summed E-state index contributed by atoms with van der Waals surface area (Å²) in [4.78, 5) is 0. The lowest BCUT2D eigenvalue weighted by Gasteiger charge is -2.21. The van der Waals surface area contributed by atoms with E-state index < -0.39 is 0 Å². The fourth-order valence-corrected chi connectivity index (χ4v) is 4.98. The van der Waals surface area contributed by atoms with Crippen LogP contribution in [0.5, 0.6) is 0 Å². The molecule has 4 atom stereocenters. The summed E-state index contributed by atoms with van der Waals surface area (Å²) in [6.07, 6.45) is 15.9. The van der Waals surface area contributed by atoms with Gasteiger partial charge in [-0.05, 0) is 56.3 Å². The summed E-state index contributed by atoms with van der Waals surface area (Å²) in [5.41, 5.74) is 0. The van der Waals surface area contributed by atoms with E-state index in [-0.39, 0.29) is 0 Å². The van der Waals surface area contributed by atoms with Crippen LogP contribution in [0.15, 0.2) is 0 Å². The Balaban J connectivity index is 3.37. The van der Waals surface area contributed by atoms with Gasteiger partial charge in [-0.1, -0.05) is 95.7 Å². The Kier molecular flexibility index (Phi) is 20.4. The molecular weight excluding hydrogens is 447 g/mol. The predicted octanol–water partition coefficient (Wildman–Crippen LogP) is 8.41. The third-order valence-corrected chi connectivity index (χ3v) is 5.89. The monoisotopic (exact) mass is 496 g/mol. The molecule has 164 valence electrons. The summed E-state index contributed by atoms with van der Waals surface area (Å²) in [5.74, 6) is 2.51. The molecule has 0 heterocycles. The zero-order valence-electron chi connectivity index (χ0n) is 19.1. The minimum atomic E-state index is 0.479. The van der Waals surface area contributed by atoms with Crippen molar-refractivity contribution in [1.29, 1.82) is 0 Å². The van der Waals surface area contributed by atoms with E-state index in [1.165, 1.54) is 70.6 Å². The molecule has 0 aromatic carbocycles. The van der Waals surface area contributed by atoms with Crippen LogP contribution in [0.1, 0.15) is 112 Å². The third kappa shape index (κ3) is 21.2. The van der Waals surface area contributed by atoms with Gasteiger partial charge < -0.3 is 9.47 Å². The second-order valence-corrected chi connectivity index (χ2v) is 11.1. The summed E-state index contributed by atoms with van der Waals surface area (Å²) in [6, 6.07) is 0. The minimum Gasteiger partial charge on any atom is -0.355 e. The molecule has 0 aliphatic heterocycles. The van der Waals surface area contributed by atoms with Crippen LogP contribution < -0.4 is 0 Å². The summed E-state index contributed by atoms with van der Waals surface area (Å²) < 4.78 is 12.0. The van der Waals surface area contributed by atoms with E-state index in [1.807, 2.05) is 0 Å². The highest BCUT2D eigenvalue weighted by Gasteiger charge is 2.13. The lowest BCUT2D eigenvalue weighted by atomic mass is 9.86. The topological polar surface area (TPSA) is 18.5 Å². The maximum atomic E-state index is 5.63. The minimum absolute atomic E-state index is 0.479. The second-order valence-electron chi connectivity index (χ2n) is 9.00. The van der Waals surface area contributed by atoms with Gasteiger partial charge in [0.25, 0.3) is 0 Å². The van der Waals surface area contributed by atoms with E-state index in [4.69, 9.17) is 9.47 Å². The molecule has 0 aromatic heterocycles. The zero-order chi connectivity index (χ0) is 20.3. The molecule has 0 fully saturated rings. The van der Waals surface area contributed by atoms with Gasteiger partial charge >= 0.3 is 0 Å². The lowest BCUT2D eigenvalue weighted by molar-refractivity contribution is -0.0561. The number of ether oxygens (including phenoxy) is 2. The van der Waals surface area contributed by atoms with Crippen LogP contribution in [0, 0.1) is 17.8 Å². The highest BCUT2D eigenvalue weighted by molar-refractivity contribution is 14.1. The van der Waals surface area contributed by atoms with Crippen LogP contribution in [0.25, 0.3) is 0 Å². The number of alkyl halides is 1. The van der Waals surface area contributed by atoms with Gasteiger partial charge in [0.2, 0.25) is 0 Å². The molecule has 0 spiro atoms. The van der Waals surface area contributed by atoms with Gasteiger partial charge in [-0.25, -0.2) is 0 Å². The van der Waals surface area contributed by atoms with Crippen molar-refractivity contribution in [2.45, 2.75) is 116 Å². The second kappa shape index (κ2) is 19.9. The predicted molar refractivity (Wildman–Crippen MR) is 129 cm³/mol. The smallest absolute Gasteiger partial charge is 0.146 e. The van der Waals surface area contributed by atoms with Gasteiger partial charge in [0, 0.05) is 17.1 Å². The molecule has 0 aromatic rings. The van der Waals surface area contributed by atoms with E-state index >= 15 is 0 Å². The van der Waals surface area contributed by atoms with Gasteiger partial charge in [-0.15, -0.1) is 0 Å². The molecule has 0 radical (unpaired) electrons. The van der Waals surface area contributed by atoms with Gasteiger partial charge in [0.15, 0.2) is 0 Å². The zero-order valence-corrected chi connectivity index (χ0v) is 21.3. The van der Waals surface area contributed by atoms with Crippen molar-refractivity contribution >= 4 is 22.6 Å². The summed E-state index contributed by atoms with van der Waals surface area (Å²) in [7, 11) is 0. The van der Waals surface area contributed by atoms with Crippen molar-refractivity contribution in [2.24, 2.45) is 17.8 Å². The molecule has 0 bridgehead atoms. The average Bonchev–Trinajstić information content (AvgIpc) is 2.57. The van der Waals surface area contributed by atoms with Crippen molar-refractivity contribution in [1.82, 2.24) is 0 Å². The van der Waals surface area contributed by atoms with Crippen LogP contribution in [0.2, 0.25) is 0 Å².